The lowest BCUT2D eigenvalue weighted by Crippen LogP contribution is -2.43. The van der Waals surface area contributed by atoms with Gasteiger partial charge in [-0.3, -0.25) is 4.79 Å². The number of fused-ring (bicyclic) bond motifs is 5. The smallest absolute Gasteiger partial charge is 0.286 e. The molecule has 2 saturated carbocycles. The Morgan fingerprint density at radius 1 is 1.11 bits per heavy atom. The zero-order chi connectivity index (χ0) is 24.6. The quantitative estimate of drug-likeness (QED) is 0.452. The van der Waals surface area contributed by atoms with Crippen LogP contribution in [0.5, 0.6) is 0 Å². The van der Waals surface area contributed by atoms with Crippen LogP contribution in [0.3, 0.4) is 0 Å². The fraction of sp³-hybridized carbons (Fsp3) is 0.516. The monoisotopic (exact) mass is 487 g/mol. The Morgan fingerprint density at radius 3 is 2.75 bits per heavy atom. The highest BCUT2D eigenvalue weighted by molar-refractivity contribution is 5.92. The van der Waals surface area contributed by atoms with Crippen molar-refractivity contribution < 1.29 is 19.4 Å². The number of aliphatic hydroxyl groups excluding tert-OH is 1. The van der Waals surface area contributed by atoms with Crippen molar-refractivity contribution in [2.24, 2.45) is 17.8 Å². The predicted molar refractivity (Wildman–Crippen MR) is 139 cm³/mol. The van der Waals surface area contributed by atoms with E-state index in [0.717, 1.165) is 25.2 Å². The molecule has 0 saturated heterocycles. The van der Waals surface area contributed by atoms with Gasteiger partial charge in [0.05, 0.1) is 0 Å². The molecule has 2 N–H and O–H groups in total. The van der Waals surface area contributed by atoms with Crippen LogP contribution in [0.4, 0.5) is 0 Å². The fourth-order valence-corrected chi connectivity index (χ4v) is 7.18. The lowest BCUT2D eigenvalue weighted by atomic mass is 9.79. The maximum atomic E-state index is 13.4. The van der Waals surface area contributed by atoms with E-state index in [2.05, 4.69) is 47.8 Å². The van der Waals surface area contributed by atoms with Gasteiger partial charge in [-0.1, -0.05) is 48.9 Å². The molecule has 5 nitrogen and oxygen atoms in total. The van der Waals surface area contributed by atoms with Crippen molar-refractivity contribution in [3.8, 4) is 11.1 Å². The number of hydrogen-bond acceptors (Lipinski definition) is 4. The molecule has 5 heteroatoms. The van der Waals surface area contributed by atoms with Gasteiger partial charge >= 0.3 is 0 Å². The molecule has 6 rings (SSSR count). The first-order valence-electron chi connectivity index (χ1n) is 13.8. The molecule has 4 aliphatic rings. The number of benzene rings is 2. The Balaban J connectivity index is 1.31. The van der Waals surface area contributed by atoms with Crippen LogP contribution in [0.1, 0.15) is 68.1 Å². The van der Waals surface area contributed by atoms with Crippen molar-refractivity contribution in [2.75, 3.05) is 13.2 Å². The van der Waals surface area contributed by atoms with Gasteiger partial charge in [0.15, 0.2) is 5.76 Å². The van der Waals surface area contributed by atoms with E-state index in [1.165, 1.54) is 47.1 Å². The van der Waals surface area contributed by atoms with Gasteiger partial charge in [0, 0.05) is 31.1 Å². The van der Waals surface area contributed by atoms with E-state index >= 15 is 0 Å². The molecule has 190 valence electrons. The van der Waals surface area contributed by atoms with Crippen LogP contribution in [0.25, 0.3) is 11.1 Å². The first-order valence-corrected chi connectivity index (χ1v) is 13.8. The Bertz CT molecular complexity index is 1160. The Morgan fingerprint density at radius 2 is 1.97 bits per heavy atom. The number of nitrogens with one attached hydrogen (secondary N) is 1. The number of hydrogen-bond donors (Lipinski definition) is 2. The van der Waals surface area contributed by atoms with E-state index < -0.39 is 6.29 Å². The molecule has 2 bridgehead atoms. The third kappa shape index (κ3) is 4.37. The molecular weight excluding hydrogens is 450 g/mol. The Hall–Kier alpha value is -2.63. The predicted octanol–water partition coefficient (Wildman–Crippen LogP) is 5.31. The van der Waals surface area contributed by atoms with E-state index in [1.54, 1.807) is 0 Å². The van der Waals surface area contributed by atoms with Crippen LogP contribution >= 0.6 is 0 Å². The highest BCUT2D eigenvalue weighted by Crippen LogP contribution is 2.45. The highest BCUT2D eigenvalue weighted by atomic mass is 16.7. The maximum absolute atomic E-state index is 13.4. The normalized spacial score (nSPS) is 29.9. The summed E-state index contributed by atoms with van der Waals surface area (Å²) in [6, 6.07) is 15.6. The first-order chi connectivity index (χ1) is 17.6. The Labute approximate surface area is 213 Å². The molecule has 1 amide bonds. The van der Waals surface area contributed by atoms with Gasteiger partial charge in [-0.2, -0.15) is 0 Å². The molecule has 0 radical (unpaired) electrons. The lowest BCUT2D eigenvalue weighted by Gasteiger charge is -2.37. The summed E-state index contributed by atoms with van der Waals surface area (Å²) < 4.78 is 12.3. The van der Waals surface area contributed by atoms with Crippen molar-refractivity contribution in [1.82, 2.24) is 5.32 Å². The minimum Gasteiger partial charge on any atom is -0.459 e. The topological polar surface area (TPSA) is 67.8 Å². The third-order valence-corrected chi connectivity index (χ3v) is 8.89. The SMILES string of the molecule is CCO[C@H]1OC(C(=O)NC2CC3CCC2C3)=C[C@@H](c2ccc3c(c2)Cc2ccccc2-3)[C@@H]1CCCO. The van der Waals surface area contributed by atoms with Crippen LogP contribution in [0.2, 0.25) is 0 Å². The summed E-state index contributed by atoms with van der Waals surface area (Å²) in [7, 11) is 0. The largest absolute Gasteiger partial charge is 0.459 e. The second kappa shape index (κ2) is 10.0. The lowest BCUT2D eigenvalue weighted by molar-refractivity contribution is -0.167. The molecule has 1 aliphatic heterocycles. The van der Waals surface area contributed by atoms with E-state index in [9.17, 15) is 9.90 Å². The zero-order valence-corrected chi connectivity index (χ0v) is 21.1. The average Bonchev–Trinajstić information content (AvgIpc) is 3.61. The van der Waals surface area contributed by atoms with Crippen LogP contribution in [-0.2, 0) is 20.7 Å². The molecule has 1 heterocycles. The molecule has 0 spiro atoms. The number of ether oxygens (including phenoxy) is 2. The van der Waals surface area contributed by atoms with Gasteiger partial charge in [-0.05, 0) is 91.2 Å². The van der Waals surface area contributed by atoms with Gasteiger partial charge < -0.3 is 19.9 Å². The number of rotatable bonds is 8. The summed E-state index contributed by atoms with van der Waals surface area (Å²) in [5.74, 6) is 1.65. The van der Waals surface area contributed by atoms with Crippen LogP contribution in [-0.4, -0.2) is 36.6 Å². The second-order valence-corrected chi connectivity index (χ2v) is 11.0. The zero-order valence-electron chi connectivity index (χ0n) is 21.1. The minimum absolute atomic E-state index is 0.0170. The standard InChI is InChI=1S/C31H37NO4/c1-2-35-31-26(8-5-13-33)27(18-29(36-31)30(34)32-28-15-19-9-10-22(28)14-19)21-11-12-25-23(17-21)16-20-6-3-4-7-24(20)25/h3-4,6-7,11-12,17-19,22,26-28,31,33H,2,5,8-10,13-16H2,1H3,(H,32,34)/t19?,22?,26-,27-,28?,31-/m0/s1. The molecule has 3 unspecified atom stereocenters. The minimum atomic E-state index is -0.511. The van der Waals surface area contributed by atoms with Crippen molar-refractivity contribution in [3.63, 3.8) is 0 Å². The third-order valence-electron chi connectivity index (χ3n) is 8.89. The molecule has 0 aromatic heterocycles. The van der Waals surface area contributed by atoms with E-state index in [4.69, 9.17) is 9.47 Å². The molecule has 6 atom stereocenters. The molecule has 2 aromatic carbocycles. The average molecular weight is 488 g/mol. The van der Waals surface area contributed by atoms with Gasteiger partial charge in [-0.25, -0.2) is 0 Å². The molecule has 2 aromatic rings. The molecule has 2 fully saturated rings. The van der Waals surface area contributed by atoms with Gasteiger partial charge in [0.1, 0.15) is 0 Å². The van der Waals surface area contributed by atoms with Crippen molar-refractivity contribution in [2.45, 2.75) is 70.1 Å². The summed E-state index contributed by atoms with van der Waals surface area (Å²) in [4.78, 5) is 13.4. The summed E-state index contributed by atoms with van der Waals surface area (Å²) >= 11 is 0. The number of carbonyl (C=O) groups excluding carboxylic acids is 1. The van der Waals surface area contributed by atoms with E-state index in [-0.39, 0.29) is 30.4 Å². The summed E-state index contributed by atoms with van der Waals surface area (Å²) in [6.45, 7) is 2.60. The molecular formula is C31H37NO4. The molecule has 3 aliphatic carbocycles. The van der Waals surface area contributed by atoms with Crippen molar-refractivity contribution in [3.05, 3.63) is 71.0 Å². The fourth-order valence-electron chi connectivity index (χ4n) is 7.18. The summed E-state index contributed by atoms with van der Waals surface area (Å²) in [6.07, 6.45) is 8.74. The van der Waals surface area contributed by atoms with Crippen LogP contribution in [0.15, 0.2) is 54.3 Å². The van der Waals surface area contributed by atoms with Crippen molar-refractivity contribution in [1.29, 1.82) is 0 Å². The second-order valence-electron chi connectivity index (χ2n) is 11.0. The molecule has 36 heavy (non-hydrogen) atoms. The van der Waals surface area contributed by atoms with Gasteiger partial charge in [0.2, 0.25) is 6.29 Å². The summed E-state index contributed by atoms with van der Waals surface area (Å²) in [5.41, 5.74) is 6.49. The highest BCUT2D eigenvalue weighted by Gasteiger charge is 2.42. The van der Waals surface area contributed by atoms with Crippen LogP contribution in [0, 0.1) is 17.8 Å². The number of carbonyl (C=O) groups is 1. The first kappa shape index (κ1) is 23.7. The maximum Gasteiger partial charge on any atom is 0.286 e. The van der Waals surface area contributed by atoms with E-state index in [1.807, 2.05) is 13.0 Å². The summed E-state index contributed by atoms with van der Waals surface area (Å²) in [5, 5.41) is 12.9. The Kier molecular flexibility index (Phi) is 6.61. The number of aliphatic hydroxyl groups is 1. The van der Waals surface area contributed by atoms with E-state index in [0.29, 0.717) is 24.7 Å². The number of amides is 1. The van der Waals surface area contributed by atoms with Gasteiger partial charge in [0.25, 0.3) is 5.91 Å². The number of allylic oxidation sites excluding steroid dienone is 1. The van der Waals surface area contributed by atoms with Crippen LogP contribution < -0.4 is 5.32 Å². The van der Waals surface area contributed by atoms with Gasteiger partial charge in [-0.15, -0.1) is 0 Å². The van der Waals surface area contributed by atoms with Crippen molar-refractivity contribution >= 4 is 5.91 Å².